The number of carbonyl (C=O) groups excluding carboxylic acids is 2. The van der Waals surface area contributed by atoms with Crippen LogP contribution in [0, 0.1) is 5.41 Å². The van der Waals surface area contributed by atoms with Crippen molar-refractivity contribution in [3.63, 3.8) is 0 Å². The lowest BCUT2D eigenvalue weighted by Gasteiger charge is -2.36. The lowest BCUT2D eigenvalue weighted by atomic mass is 9.72. The molecule has 0 aromatic heterocycles. The summed E-state index contributed by atoms with van der Waals surface area (Å²) in [7, 11) is 3.10. The van der Waals surface area contributed by atoms with Crippen molar-refractivity contribution in [1.82, 2.24) is 5.32 Å². The fourth-order valence-electron chi connectivity index (χ4n) is 2.85. The van der Waals surface area contributed by atoms with E-state index in [0.29, 0.717) is 24.7 Å². The molecule has 9 heteroatoms. The predicted molar refractivity (Wildman–Crippen MR) is 98.7 cm³/mol. The molecule has 0 unspecified atom stereocenters. The highest BCUT2D eigenvalue weighted by atomic mass is 33.1. The van der Waals surface area contributed by atoms with E-state index in [0.717, 1.165) is 32.1 Å². The van der Waals surface area contributed by atoms with Gasteiger partial charge in [-0.1, -0.05) is 40.9 Å². The first-order valence-electron chi connectivity index (χ1n) is 8.44. The van der Waals surface area contributed by atoms with Gasteiger partial charge in [-0.25, -0.2) is 4.79 Å². The van der Waals surface area contributed by atoms with Crippen LogP contribution in [-0.4, -0.2) is 54.4 Å². The topological polar surface area (TPSA) is 102 Å². The molecule has 1 saturated carbocycles. The van der Waals surface area contributed by atoms with Crippen molar-refractivity contribution in [1.29, 1.82) is 0 Å². The second-order valence-corrected chi connectivity index (χ2v) is 8.81. The number of amides is 1. The van der Waals surface area contributed by atoms with E-state index in [1.54, 1.807) is 21.6 Å². The molecule has 0 aliphatic heterocycles. The van der Waals surface area contributed by atoms with Crippen molar-refractivity contribution in [2.45, 2.75) is 45.4 Å². The van der Waals surface area contributed by atoms with Crippen LogP contribution in [0.25, 0.3) is 0 Å². The summed E-state index contributed by atoms with van der Waals surface area (Å²) in [6, 6.07) is 0. The third kappa shape index (κ3) is 10.5. The van der Waals surface area contributed by atoms with E-state index in [9.17, 15) is 14.4 Å². The maximum absolute atomic E-state index is 11.8. The van der Waals surface area contributed by atoms with Gasteiger partial charge in [0.25, 0.3) is 0 Å². The molecule has 1 aliphatic carbocycles. The van der Waals surface area contributed by atoms with Crippen LogP contribution in [-0.2, 0) is 19.1 Å². The number of hydrogen-bond donors (Lipinski definition) is 2. The van der Waals surface area contributed by atoms with E-state index in [1.807, 2.05) is 0 Å². The Morgan fingerprint density at radius 3 is 2.20 bits per heavy atom. The molecule has 1 rings (SSSR count). The number of carbonyl (C=O) groups is 3. The number of carboxylic acids is 1. The molecule has 0 aromatic carbocycles. The molecule has 0 heterocycles. The monoisotopic (exact) mass is 393 g/mol. The average molecular weight is 394 g/mol. The second-order valence-electron chi connectivity index (χ2n) is 6.10. The van der Waals surface area contributed by atoms with Crippen LogP contribution in [0.2, 0.25) is 0 Å². The number of hydrogen-bond acceptors (Lipinski definition) is 7. The standard InChI is InChI=1S/C16H27NO6S2/c1-13(18)22-7-9-24-25-10-8-23-15(21)17-12-16(11-14(19)20)5-3-2-4-6-16/h2-12H2,1H3,(H,17,21)(H,19,20). The van der Waals surface area contributed by atoms with Crippen molar-refractivity contribution < 1.29 is 29.0 Å². The van der Waals surface area contributed by atoms with Gasteiger partial charge in [0.15, 0.2) is 0 Å². The molecule has 7 nitrogen and oxygen atoms in total. The number of aliphatic carboxylic acids is 1. The molecule has 0 bridgehead atoms. The van der Waals surface area contributed by atoms with E-state index < -0.39 is 12.1 Å². The maximum Gasteiger partial charge on any atom is 0.407 e. The van der Waals surface area contributed by atoms with Crippen LogP contribution < -0.4 is 5.32 Å². The van der Waals surface area contributed by atoms with Crippen LogP contribution in [0.1, 0.15) is 45.4 Å². The third-order valence-corrected chi connectivity index (χ3v) is 6.34. The Balaban J connectivity index is 2.12. The van der Waals surface area contributed by atoms with Crippen molar-refractivity contribution in [3.8, 4) is 0 Å². The molecule has 0 aromatic rings. The van der Waals surface area contributed by atoms with Gasteiger partial charge in [0.05, 0.1) is 6.42 Å². The molecule has 0 saturated heterocycles. The van der Waals surface area contributed by atoms with Crippen molar-refractivity contribution in [3.05, 3.63) is 0 Å². The number of rotatable bonds is 11. The van der Waals surface area contributed by atoms with E-state index in [2.05, 4.69) is 5.32 Å². The summed E-state index contributed by atoms with van der Waals surface area (Å²) >= 11 is 0. The minimum absolute atomic E-state index is 0.0854. The molecule has 0 spiro atoms. The van der Waals surface area contributed by atoms with E-state index in [4.69, 9.17) is 14.6 Å². The van der Waals surface area contributed by atoms with E-state index in [-0.39, 0.29) is 24.4 Å². The van der Waals surface area contributed by atoms with Crippen LogP contribution in [0.5, 0.6) is 0 Å². The fraction of sp³-hybridized carbons (Fsp3) is 0.812. The van der Waals surface area contributed by atoms with Gasteiger partial charge in [-0.2, -0.15) is 0 Å². The maximum atomic E-state index is 11.8. The molecular formula is C16H27NO6S2. The molecule has 1 amide bonds. The first-order valence-corrected chi connectivity index (χ1v) is 10.9. The van der Waals surface area contributed by atoms with Crippen molar-refractivity contribution >= 4 is 39.6 Å². The molecule has 0 atom stereocenters. The van der Waals surface area contributed by atoms with Crippen LogP contribution in [0.3, 0.4) is 0 Å². The minimum atomic E-state index is -0.820. The highest BCUT2D eigenvalue weighted by molar-refractivity contribution is 8.76. The van der Waals surface area contributed by atoms with Crippen LogP contribution in [0.15, 0.2) is 0 Å². The highest BCUT2D eigenvalue weighted by Gasteiger charge is 2.34. The number of carboxylic acid groups (broad SMARTS) is 1. The number of esters is 1. The zero-order chi connectivity index (χ0) is 18.5. The Labute approximate surface area is 156 Å². The molecule has 144 valence electrons. The molecule has 1 fully saturated rings. The third-order valence-electron chi connectivity index (χ3n) is 4.00. The quantitative estimate of drug-likeness (QED) is 0.314. The van der Waals surface area contributed by atoms with Gasteiger partial charge in [0.1, 0.15) is 13.2 Å². The van der Waals surface area contributed by atoms with Gasteiger partial charge in [-0.15, -0.1) is 0 Å². The van der Waals surface area contributed by atoms with Gasteiger partial charge >= 0.3 is 18.0 Å². The first kappa shape index (κ1) is 22.0. The van der Waals surface area contributed by atoms with Crippen molar-refractivity contribution in [2.24, 2.45) is 5.41 Å². The average Bonchev–Trinajstić information content (AvgIpc) is 2.55. The predicted octanol–water partition coefficient (Wildman–Crippen LogP) is 3.08. The highest BCUT2D eigenvalue weighted by Crippen LogP contribution is 2.38. The Morgan fingerprint density at radius 2 is 1.64 bits per heavy atom. The summed E-state index contributed by atoms with van der Waals surface area (Å²) in [6.07, 6.45) is 4.38. The molecule has 2 N–H and O–H groups in total. The summed E-state index contributed by atoms with van der Waals surface area (Å²) in [6.45, 7) is 2.38. The smallest absolute Gasteiger partial charge is 0.407 e. The Hall–Kier alpha value is -1.09. The fourth-order valence-corrected chi connectivity index (χ4v) is 4.51. The summed E-state index contributed by atoms with van der Waals surface area (Å²) in [5.74, 6) is 0.218. The summed E-state index contributed by atoms with van der Waals surface area (Å²) in [4.78, 5) is 33.4. The first-order chi connectivity index (χ1) is 11.9. The largest absolute Gasteiger partial charge is 0.481 e. The SMILES string of the molecule is CC(=O)OCCSSCCOC(=O)NCC1(CC(=O)O)CCCCC1. The Morgan fingerprint density at radius 1 is 1.04 bits per heavy atom. The van der Waals surface area contributed by atoms with Crippen molar-refractivity contribution in [2.75, 3.05) is 31.3 Å². The number of ether oxygens (including phenoxy) is 2. The van der Waals surface area contributed by atoms with Gasteiger partial charge in [0.2, 0.25) is 0 Å². The second kappa shape index (κ2) is 12.3. The molecular weight excluding hydrogens is 366 g/mol. The molecule has 25 heavy (non-hydrogen) atoms. The Bertz CT molecular complexity index is 440. The lowest BCUT2D eigenvalue weighted by Crippen LogP contribution is -2.40. The molecule has 0 radical (unpaired) electrons. The summed E-state index contributed by atoms with van der Waals surface area (Å²) in [5.41, 5.74) is -0.343. The lowest BCUT2D eigenvalue weighted by molar-refractivity contribution is -0.141. The van der Waals surface area contributed by atoms with Gasteiger partial charge in [0, 0.05) is 25.0 Å². The zero-order valence-electron chi connectivity index (χ0n) is 14.6. The summed E-state index contributed by atoms with van der Waals surface area (Å²) in [5, 5.41) is 11.8. The minimum Gasteiger partial charge on any atom is -0.481 e. The van der Waals surface area contributed by atoms with Crippen LogP contribution in [0.4, 0.5) is 4.79 Å². The van der Waals surface area contributed by atoms with E-state index >= 15 is 0 Å². The number of alkyl carbamates (subject to hydrolysis) is 1. The van der Waals surface area contributed by atoms with E-state index in [1.165, 1.54) is 6.92 Å². The van der Waals surface area contributed by atoms with Gasteiger partial charge < -0.3 is 19.9 Å². The van der Waals surface area contributed by atoms with Gasteiger partial charge in [-0.05, 0) is 18.3 Å². The number of nitrogens with one attached hydrogen (secondary N) is 1. The molecule has 1 aliphatic rings. The van der Waals surface area contributed by atoms with Gasteiger partial charge in [-0.3, -0.25) is 9.59 Å². The summed E-state index contributed by atoms with van der Waals surface area (Å²) < 4.78 is 9.91. The zero-order valence-corrected chi connectivity index (χ0v) is 16.2. The Kier molecular flexibility index (Phi) is 10.8. The normalized spacial score (nSPS) is 16.0. The van der Waals surface area contributed by atoms with Crippen LogP contribution >= 0.6 is 21.6 Å².